The SMILES string of the molecule is Fc1sc2cccc(-c3ccccc3)c2c1F. The highest BCUT2D eigenvalue weighted by molar-refractivity contribution is 7.17. The van der Waals surface area contributed by atoms with Gasteiger partial charge in [-0.25, -0.2) is 4.39 Å². The molecule has 3 rings (SSSR count). The van der Waals surface area contributed by atoms with Crippen LogP contribution in [0.15, 0.2) is 48.5 Å². The smallest absolute Gasteiger partial charge is 0.202 e. The van der Waals surface area contributed by atoms with E-state index in [2.05, 4.69) is 0 Å². The van der Waals surface area contributed by atoms with E-state index in [4.69, 9.17) is 0 Å². The molecule has 3 aromatic rings. The van der Waals surface area contributed by atoms with Crippen molar-refractivity contribution in [3.63, 3.8) is 0 Å². The van der Waals surface area contributed by atoms with Gasteiger partial charge in [0.15, 0.2) is 5.82 Å². The molecule has 0 aliphatic rings. The van der Waals surface area contributed by atoms with Crippen molar-refractivity contribution < 1.29 is 8.78 Å². The highest BCUT2D eigenvalue weighted by Crippen LogP contribution is 2.36. The van der Waals surface area contributed by atoms with E-state index in [9.17, 15) is 8.78 Å². The van der Waals surface area contributed by atoms with Crippen LogP contribution < -0.4 is 0 Å². The molecule has 17 heavy (non-hydrogen) atoms. The van der Waals surface area contributed by atoms with Gasteiger partial charge in [-0.3, -0.25) is 0 Å². The molecule has 0 radical (unpaired) electrons. The number of benzene rings is 2. The van der Waals surface area contributed by atoms with Crippen LogP contribution >= 0.6 is 11.3 Å². The van der Waals surface area contributed by atoms with Crippen molar-refractivity contribution in [3.05, 3.63) is 59.5 Å². The number of halogens is 2. The Bertz CT molecular complexity index is 671. The molecule has 0 saturated heterocycles. The van der Waals surface area contributed by atoms with E-state index < -0.39 is 10.9 Å². The molecule has 0 atom stereocenters. The molecule has 3 heteroatoms. The predicted molar refractivity (Wildman–Crippen MR) is 67.2 cm³/mol. The minimum Gasteiger partial charge on any atom is -0.202 e. The summed E-state index contributed by atoms with van der Waals surface area (Å²) < 4.78 is 27.7. The average molecular weight is 246 g/mol. The highest BCUT2D eigenvalue weighted by Gasteiger charge is 2.15. The van der Waals surface area contributed by atoms with E-state index in [1.165, 1.54) is 0 Å². The summed E-state index contributed by atoms with van der Waals surface area (Å²) in [5, 5.41) is -0.371. The van der Waals surface area contributed by atoms with E-state index in [0.717, 1.165) is 22.5 Å². The number of hydrogen-bond donors (Lipinski definition) is 0. The Labute approximate surface area is 101 Å². The molecule has 0 N–H and O–H groups in total. The molecular weight excluding hydrogens is 238 g/mol. The average Bonchev–Trinajstić information content (AvgIpc) is 2.66. The maximum Gasteiger partial charge on any atom is 0.213 e. The van der Waals surface area contributed by atoms with E-state index in [1.807, 2.05) is 42.5 Å². The highest BCUT2D eigenvalue weighted by atomic mass is 32.1. The van der Waals surface area contributed by atoms with Gasteiger partial charge in [-0.05, 0) is 17.2 Å². The maximum atomic E-state index is 13.7. The summed E-state index contributed by atoms with van der Waals surface area (Å²) in [6.07, 6.45) is 0. The number of thiophene rings is 1. The van der Waals surface area contributed by atoms with Crippen molar-refractivity contribution in [2.75, 3.05) is 0 Å². The lowest BCUT2D eigenvalue weighted by Crippen LogP contribution is -1.81. The zero-order chi connectivity index (χ0) is 11.8. The zero-order valence-corrected chi connectivity index (χ0v) is 9.60. The third-order valence-electron chi connectivity index (χ3n) is 2.70. The van der Waals surface area contributed by atoms with Crippen LogP contribution in [0, 0.1) is 10.9 Å². The van der Waals surface area contributed by atoms with Crippen LogP contribution in [0.2, 0.25) is 0 Å². The lowest BCUT2D eigenvalue weighted by molar-refractivity contribution is 0.538. The largest absolute Gasteiger partial charge is 0.213 e. The third kappa shape index (κ3) is 1.63. The first-order valence-electron chi connectivity index (χ1n) is 5.19. The molecule has 2 aromatic carbocycles. The Morgan fingerprint density at radius 2 is 1.59 bits per heavy atom. The summed E-state index contributed by atoms with van der Waals surface area (Å²) in [5.74, 6) is -0.746. The van der Waals surface area contributed by atoms with Gasteiger partial charge in [-0.2, -0.15) is 4.39 Å². The van der Waals surface area contributed by atoms with Gasteiger partial charge in [0.2, 0.25) is 5.13 Å². The molecule has 0 saturated carbocycles. The molecule has 84 valence electrons. The van der Waals surface area contributed by atoms with Crippen LogP contribution in [0.5, 0.6) is 0 Å². The summed E-state index contributed by atoms with van der Waals surface area (Å²) in [7, 11) is 0. The Morgan fingerprint density at radius 3 is 2.35 bits per heavy atom. The van der Waals surface area contributed by atoms with Crippen LogP contribution in [-0.4, -0.2) is 0 Å². The van der Waals surface area contributed by atoms with Crippen LogP contribution in [0.4, 0.5) is 8.78 Å². The second-order valence-electron chi connectivity index (χ2n) is 3.73. The van der Waals surface area contributed by atoms with E-state index in [0.29, 0.717) is 10.1 Å². The quantitative estimate of drug-likeness (QED) is 0.576. The fourth-order valence-corrected chi connectivity index (χ4v) is 2.77. The predicted octanol–water partition coefficient (Wildman–Crippen LogP) is 4.85. The molecule has 0 aliphatic heterocycles. The Balaban J connectivity index is 2.37. The molecule has 0 aliphatic carbocycles. The van der Waals surface area contributed by atoms with Crippen molar-refractivity contribution in [3.8, 4) is 11.1 Å². The first kappa shape index (κ1) is 10.4. The topological polar surface area (TPSA) is 0 Å². The number of hydrogen-bond acceptors (Lipinski definition) is 1. The molecule has 0 unspecified atom stereocenters. The molecule has 0 nitrogen and oxygen atoms in total. The zero-order valence-electron chi connectivity index (χ0n) is 8.78. The van der Waals surface area contributed by atoms with Crippen molar-refractivity contribution in [2.24, 2.45) is 0 Å². The first-order valence-corrected chi connectivity index (χ1v) is 6.01. The van der Waals surface area contributed by atoms with Crippen molar-refractivity contribution in [1.82, 2.24) is 0 Å². The molecule has 0 fully saturated rings. The van der Waals surface area contributed by atoms with Crippen LogP contribution in [0.1, 0.15) is 0 Å². The van der Waals surface area contributed by atoms with Crippen LogP contribution in [-0.2, 0) is 0 Å². The Kier molecular flexibility index (Phi) is 2.41. The van der Waals surface area contributed by atoms with E-state index >= 15 is 0 Å². The third-order valence-corrected chi connectivity index (χ3v) is 3.62. The lowest BCUT2D eigenvalue weighted by atomic mass is 10.0. The Hall–Kier alpha value is -1.74. The summed E-state index contributed by atoms with van der Waals surface area (Å²) in [6, 6.07) is 14.8. The van der Waals surface area contributed by atoms with Crippen molar-refractivity contribution >= 4 is 21.4 Å². The van der Waals surface area contributed by atoms with Crippen molar-refractivity contribution in [1.29, 1.82) is 0 Å². The first-order chi connectivity index (χ1) is 8.27. The van der Waals surface area contributed by atoms with Crippen LogP contribution in [0.25, 0.3) is 21.2 Å². The van der Waals surface area contributed by atoms with E-state index in [-0.39, 0.29) is 0 Å². The maximum absolute atomic E-state index is 13.7. The lowest BCUT2D eigenvalue weighted by Gasteiger charge is -2.03. The fraction of sp³-hybridized carbons (Fsp3) is 0. The summed E-state index contributed by atoms with van der Waals surface area (Å²) in [6.45, 7) is 0. The monoisotopic (exact) mass is 246 g/mol. The minimum atomic E-state index is -0.747. The fourth-order valence-electron chi connectivity index (χ4n) is 1.94. The minimum absolute atomic E-state index is 0.376. The van der Waals surface area contributed by atoms with Gasteiger partial charge in [-0.15, -0.1) is 11.3 Å². The molecule has 0 amide bonds. The van der Waals surface area contributed by atoms with Crippen molar-refractivity contribution in [2.45, 2.75) is 0 Å². The summed E-state index contributed by atoms with van der Waals surface area (Å²) in [4.78, 5) is 0. The molecule has 0 spiro atoms. The second kappa shape index (κ2) is 3.93. The normalized spacial score (nSPS) is 10.9. The van der Waals surface area contributed by atoms with Gasteiger partial charge in [0.05, 0.1) is 0 Å². The summed E-state index contributed by atoms with van der Waals surface area (Å²) in [5.41, 5.74) is 1.63. The van der Waals surface area contributed by atoms with Gasteiger partial charge >= 0.3 is 0 Å². The van der Waals surface area contributed by atoms with Gasteiger partial charge in [0, 0.05) is 10.1 Å². The van der Waals surface area contributed by atoms with Crippen LogP contribution in [0.3, 0.4) is 0 Å². The number of rotatable bonds is 1. The van der Waals surface area contributed by atoms with E-state index in [1.54, 1.807) is 6.07 Å². The summed E-state index contributed by atoms with van der Waals surface area (Å²) >= 11 is 0.846. The molecule has 1 heterocycles. The molecule has 1 aromatic heterocycles. The van der Waals surface area contributed by atoms with Gasteiger partial charge in [-0.1, -0.05) is 42.5 Å². The second-order valence-corrected chi connectivity index (χ2v) is 4.74. The Morgan fingerprint density at radius 1 is 0.824 bits per heavy atom. The standard InChI is InChI=1S/C14H8F2S/c15-13-12-10(9-5-2-1-3-6-9)7-4-8-11(12)17-14(13)16/h1-8H. The van der Waals surface area contributed by atoms with Gasteiger partial charge in [0.1, 0.15) is 0 Å². The molecule has 0 bridgehead atoms. The number of fused-ring (bicyclic) bond motifs is 1. The van der Waals surface area contributed by atoms with Gasteiger partial charge < -0.3 is 0 Å². The van der Waals surface area contributed by atoms with Gasteiger partial charge in [0.25, 0.3) is 0 Å². The molecular formula is C14H8F2S.